The number of ketones is 2. The number of nitrogens with two attached hydrogens (primary N) is 1. The highest BCUT2D eigenvalue weighted by Gasteiger charge is 2.37. The van der Waals surface area contributed by atoms with Gasteiger partial charge in [-0.1, -0.05) is 80.3 Å². The molecule has 3 aliphatic carbocycles. The summed E-state index contributed by atoms with van der Waals surface area (Å²) in [6.07, 6.45) is 7.67. The Labute approximate surface area is 222 Å². The van der Waals surface area contributed by atoms with E-state index in [2.05, 4.69) is 5.32 Å². The highest BCUT2D eigenvalue weighted by molar-refractivity contribution is 6.32. The molecule has 0 heterocycles. The second kappa shape index (κ2) is 10.1. The van der Waals surface area contributed by atoms with Gasteiger partial charge in [-0.15, -0.1) is 0 Å². The molecule has 0 saturated heterocycles. The first-order chi connectivity index (χ1) is 18.5. The minimum Gasteiger partial charge on any atom is -0.459 e. The summed E-state index contributed by atoms with van der Waals surface area (Å²) >= 11 is 0. The van der Waals surface area contributed by atoms with Crippen molar-refractivity contribution in [2.45, 2.75) is 57.6 Å². The van der Waals surface area contributed by atoms with Crippen LogP contribution in [0.4, 0.5) is 11.4 Å². The van der Waals surface area contributed by atoms with Crippen LogP contribution >= 0.6 is 0 Å². The first-order valence-electron chi connectivity index (χ1n) is 13.6. The number of esters is 1. The lowest BCUT2D eigenvalue weighted by atomic mass is 9.70. The third-order valence-electron chi connectivity index (χ3n) is 8.55. The third kappa shape index (κ3) is 4.38. The van der Waals surface area contributed by atoms with Crippen molar-refractivity contribution in [3.63, 3.8) is 0 Å². The maximum absolute atomic E-state index is 13.6. The highest BCUT2D eigenvalue weighted by Crippen LogP contribution is 2.42. The van der Waals surface area contributed by atoms with Gasteiger partial charge in [-0.05, 0) is 42.7 Å². The zero-order chi connectivity index (χ0) is 26.2. The Morgan fingerprint density at radius 3 is 2.24 bits per heavy atom. The van der Waals surface area contributed by atoms with E-state index >= 15 is 0 Å². The third-order valence-corrected chi connectivity index (χ3v) is 8.55. The largest absolute Gasteiger partial charge is 0.459 e. The normalized spacial score (nSPS) is 22.2. The van der Waals surface area contributed by atoms with Gasteiger partial charge in [-0.3, -0.25) is 9.59 Å². The number of benzene rings is 3. The Hall–Kier alpha value is -3.93. The maximum atomic E-state index is 13.6. The highest BCUT2D eigenvalue weighted by atomic mass is 16.5. The number of nitrogen functional groups attached to an aromatic ring is 1. The molecule has 1 unspecified atom stereocenters. The molecule has 6 nitrogen and oxygen atoms in total. The zero-order valence-corrected chi connectivity index (χ0v) is 21.4. The fraction of sp³-hybridized carbons (Fsp3) is 0.344. The molecule has 3 aliphatic rings. The van der Waals surface area contributed by atoms with E-state index in [1.165, 1.54) is 25.7 Å². The Morgan fingerprint density at radius 1 is 0.842 bits per heavy atom. The molecule has 2 saturated carbocycles. The molecule has 0 aliphatic heterocycles. The Bertz CT molecular complexity index is 1410. The molecule has 0 amide bonds. The van der Waals surface area contributed by atoms with Crippen LogP contribution in [0.1, 0.15) is 92.7 Å². The van der Waals surface area contributed by atoms with Gasteiger partial charge in [0.2, 0.25) is 0 Å². The van der Waals surface area contributed by atoms with E-state index in [9.17, 15) is 14.4 Å². The van der Waals surface area contributed by atoms with Crippen LogP contribution in [-0.4, -0.2) is 23.6 Å². The fourth-order valence-electron chi connectivity index (χ4n) is 6.57. The molecule has 38 heavy (non-hydrogen) atoms. The van der Waals surface area contributed by atoms with Gasteiger partial charge in [0, 0.05) is 23.4 Å². The SMILES string of the molecule is Nc1c(C(=O)O[C@@H]2CC[C@@H]3CCCCC3C2)cc(NCc2ccccc2)c2c1C(=O)c1ccccc1C2=O. The van der Waals surface area contributed by atoms with Crippen molar-refractivity contribution in [1.82, 2.24) is 0 Å². The Balaban J connectivity index is 1.35. The van der Waals surface area contributed by atoms with Crippen molar-refractivity contribution in [2.24, 2.45) is 11.8 Å². The summed E-state index contributed by atoms with van der Waals surface area (Å²) in [5.74, 6) is 0.173. The average Bonchev–Trinajstić information content (AvgIpc) is 2.95. The summed E-state index contributed by atoms with van der Waals surface area (Å²) < 4.78 is 6.00. The molecule has 0 spiro atoms. The molecule has 3 N–H and O–H groups in total. The predicted octanol–water partition coefficient (Wildman–Crippen LogP) is 6.17. The summed E-state index contributed by atoms with van der Waals surface area (Å²) in [5.41, 5.74) is 8.98. The Morgan fingerprint density at radius 2 is 1.50 bits per heavy atom. The van der Waals surface area contributed by atoms with Crippen LogP contribution in [0.5, 0.6) is 0 Å². The van der Waals surface area contributed by atoms with Gasteiger partial charge in [0.1, 0.15) is 6.10 Å². The van der Waals surface area contributed by atoms with Gasteiger partial charge in [0.05, 0.1) is 22.4 Å². The van der Waals surface area contributed by atoms with Crippen molar-refractivity contribution in [3.05, 3.63) is 94.0 Å². The van der Waals surface area contributed by atoms with Gasteiger partial charge >= 0.3 is 5.97 Å². The number of rotatable bonds is 5. The van der Waals surface area contributed by atoms with Crippen molar-refractivity contribution in [2.75, 3.05) is 11.1 Å². The van der Waals surface area contributed by atoms with Crippen molar-refractivity contribution < 1.29 is 19.1 Å². The minimum atomic E-state index is -0.536. The summed E-state index contributed by atoms with van der Waals surface area (Å²) in [5, 5.41) is 3.30. The van der Waals surface area contributed by atoms with E-state index in [0.29, 0.717) is 29.3 Å². The number of carbonyl (C=O) groups excluding carboxylic acids is 3. The van der Waals surface area contributed by atoms with Crippen LogP contribution in [-0.2, 0) is 11.3 Å². The minimum absolute atomic E-state index is 0.00877. The first kappa shape index (κ1) is 24.4. The van der Waals surface area contributed by atoms with Crippen LogP contribution in [0.15, 0.2) is 60.7 Å². The number of ether oxygens (including phenoxy) is 1. The van der Waals surface area contributed by atoms with Gasteiger partial charge in [0.25, 0.3) is 0 Å². The number of anilines is 2. The van der Waals surface area contributed by atoms with Crippen molar-refractivity contribution in [3.8, 4) is 0 Å². The molecule has 0 radical (unpaired) electrons. The van der Waals surface area contributed by atoms with E-state index in [-0.39, 0.29) is 40.0 Å². The summed E-state index contributed by atoms with van der Waals surface area (Å²) in [6, 6.07) is 18.1. The van der Waals surface area contributed by atoms with E-state index in [1.807, 2.05) is 30.3 Å². The standard InChI is InChI=1S/C32H32N2O4/c33-29-25(32(37)38-22-15-14-20-10-4-5-11-21(20)16-22)17-26(34-18-19-8-2-1-3-9-19)27-28(29)31(36)24-13-7-6-12-23(24)30(27)35/h1-3,6-9,12-13,17,20-22,34H,4-5,10-11,14-16,18,33H2/t20-,21?,22+/m0/s1. The average molecular weight is 509 g/mol. The molecule has 0 aromatic heterocycles. The Kier molecular flexibility index (Phi) is 6.48. The topological polar surface area (TPSA) is 98.5 Å². The second-order valence-electron chi connectivity index (χ2n) is 10.8. The molecule has 3 atom stereocenters. The van der Waals surface area contributed by atoms with Crippen LogP contribution < -0.4 is 11.1 Å². The lowest BCUT2D eigenvalue weighted by molar-refractivity contribution is -0.000834. The summed E-state index contributed by atoms with van der Waals surface area (Å²) in [6.45, 7) is 0.417. The van der Waals surface area contributed by atoms with Gasteiger partial charge in [0.15, 0.2) is 11.6 Å². The summed E-state index contributed by atoms with van der Waals surface area (Å²) in [4.78, 5) is 40.7. The maximum Gasteiger partial charge on any atom is 0.340 e. The molecular formula is C32H32N2O4. The zero-order valence-electron chi connectivity index (χ0n) is 21.4. The molecule has 194 valence electrons. The number of nitrogens with one attached hydrogen (secondary N) is 1. The molecule has 2 fully saturated rings. The molecule has 3 aromatic carbocycles. The molecule has 6 heteroatoms. The van der Waals surface area contributed by atoms with Crippen LogP contribution in [0.25, 0.3) is 0 Å². The number of carbonyl (C=O) groups is 3. The van der Waals surface area contributed by atoms with Crippen LogP contribution in [0, 0.1) is 11.8 Å². The van der Waals surface area contributed by atoms with Crippen LogP contribution in [0.2, 0.25) is 0 Å². The van der Waals surface area contributed by atoms with Crippen molar-refractivity contribution >= 4 is 28.9 Å². The predicted molar refractivity (Wildman–Crippen MR) is 146 cm³/mol. The van der Waals surface area contributed by atoms with E-state index in [4.69, 9.17) is 10.5 Å². The monoisotopic (exact) mass is 508 g/mol. The lowest BCUT2D eigenvalue weighted by Crippen LogP contribution is -2.33. The number of fused-ring (bicyclic) bond motifs is 3. The van der Waals surface area contributed by atoms with Gasteiger partial charge in [-0.25, -0.2) is 4.79 Å². The number of hydrogen-bond donors (Lipinski definition) is 2. The quantitative estimate of drug-likeness (QED) is 0.247. The van der Waals surface area contributed by atoms with Crippen molar-refractivity contribution in [1.29, 1.82) is 0 Å². The lowest BCUT2D eigenvalue weighted by Gasteiger charge is -2.38. The summed E-state index contributed by atoms with van der Waals surface area (Å²) in [7, 11) is 0. The number of hydrogen-bond acceptors (Lipinski definition) is 6. The van der Waals surface area contributed by atoms with E-state index in [1.54, 1.807) is 30.3 Å². The fourth-order valence-corrected chi connectivity index (χ4v) is 6.57. The second-order valence-corrected chi connectivity index (χ2v) is 10.8. The smallest absolute Gasteiger partial charge is 0.340 e. The molecule has 0 bridgehead atoms. The first-order valence-corrected chi connectivity index (χ1v) is 13.6. The van der Waals surface area contributed by atoms with Crippen LogP contribution in [0.3, 0.4) is 0 Å². The van der Waals surface area contributed by atoms with E-state index in [0.717, 1.165) is 30.7 Å². The molecule has 6 rings (SSSR count). The van der Waals surface area contributed by atoms with Gasteiger partial charge < -0.3 is 15.8 Å². The molecule has 3 aromatic rings. The van der Waals surface area contributed by atoms with E-state index < -0.39 is 5.97 Å². The van der Waals surface area contributed by atoms with Gasteiger partial charge in [-0.2, -0.15) is 0 Å². The molecular weight excluding hydrogens is 476 g/mol.